The standard InChI is InChI=1S/C19H25N3O3/c1-4-25-19(24)17-18(23)22(16-8-6-5-7-15(16)21-17)13(3)11-14-10-9-12(2)20-14/h5-8,12-14,20H,4,9-11H2,1-3H3/t12-,13-,14-/m0/s1. The van der Waals surface area contributed by atoms with Crippen LogP contribution in [0.15, 0.2) is 29.1 Å². The average Bonchev–Trinajstić information content (AvgIpc) is 2.99. The van der Waals surface area contributed by atoms with Gasteiger partial charge in [-0.1, -0.05) is 12.1 Å². The third-order valence-corrected chi connectivity index (χ3v) is 4.80. The van der Waals surface area contributed by atoms with Crippen molar-refractivity contribution in [3.05, 3.63) is 40.3 Å². The van der Waals surface area contributed by atoms with E-state index in [-0.39, 0.29) is 23.9 Å². The SMILES string of the molecule is CCOC(=O)c1nc2ccccc2n([C@@H](C)C[C@@H]2CC[C@H](C)N2)c1=O. The van der Waals surface area contributed by atoms with Crippen molar-refractivity contribution in [2.24, 2.45) is 0 Å². The molecule has 1 aromatic carbocycles. The van der Waals surface area contributed by atoms with E-state index in [1.54, 1.807) is 11.5 Å². The van der Waals surface area contributed by atoms with Crippen molar-refractivity contribution in [1.82, 2.24) is 14.9 Å². The van der Waals surface area contributed by atoms with E-state index in [1.807, 2.05) is 31.2 Å². The van der Waals surface area contributed by atoms with Gasteiger partial charge in [0.25, 0.3) is 5.56 Å². The minimum Gasteiger partial charge on any atom is -0.461 e. The van der Waals surface area contributed by atoms with Gasteiger partial charge in [0, 0.05) is 18.1 Å². The summed E-state index contributed by atoms with van der Waals surface area (Å²) in [7, 11) is 0. The Kier molecular flexibility index (Phi) is 5.18. The van der Waals surface area contributed by atoms with Gasteiger partial charge in [-0.15, -0.1) is 0 Å². The van der Waals surface area contributed by atoms with Gasteiger partial charge in [-0.25, -0.2) is 9.78 Å². The topological polar surface area (TPSA) is 73.2 Å². The molecule has 0 amide bonds. The Morgan fingerprint density at radius 3 is 2.84 bits per heavy atom. The molecular formula is C19H25N3O3. The van der Waals surface area contributed by atoms with Gasteiger partial charge in [-0.3, -0.25) is 4.79 Å². The van der Waals surface area contributed by atoms with Crippen LogP contribution < -0.4 is 10.9 Å². The van der Waals surface area contributed by atoms with Gasteiger partial charge in [0.1, 0.15) is 0 Å². The molecule has 2 aromatic rings. The van der Waals surface area contributed by atoms with Crippen molar-refractivity contribution in [1.29, 1.82) is 0 Å². The van der Waals surface area contributed by atoms with Crippen molar-refractivity contribution in [3.8, 4) is 0 Å². The summed E-state index contributed by atoms with van der Waals surface area (Å²) in [6.45, 7) is 6.13. The van der Waals surface area contributed by atoms with Gasteiger partial charge in [-0.05, 0) is 52.2 Å². The molecule has 2 heterocycles. The van der Waals surface area contributed by atoms with Crippen LogP contribution in [0.1, 0.15) is 56.6 Å². The van der Waals surface area contributed by atoms with Crippen LogP contribution in [0.5, 0.6) is 0 Å². The summed E-state index contributed by atoms with van der Waals surface area (Å²) in [4.78, 5) is 29.4. The molecule has 0 unspecified atom stereocenters. The van der Waals surface area contributed by atoms with Crippen LogP contribution >= 0.6 is 0 Å². The van der Waals surface area contributed by atoms with Crippen LogP contribution in [0.4, 0.5) is 0 Å². The van der Waals surface area contributed by atoms with E-state index >= 15 is 0 Å². The fourth-order valence-corrected chi connectivity index (χ4v) is 3.65. The number of hydrogen-bond donors (Lipinski definition) is 1. The molecule has 3 atom stereocenters. The van der Waals surface area contributed by atoms with Crippen molar-refractivity contribution in [3.63, 3.8) is 0 Å². The number of aromatic nitrogens is 2. The predicted molar refractivity (Wildman–Crippen MR) is 96.9 cm³/mol. The van der Waals surface area contributed by atoms with Crippen LogP contribution in [0.3, 0.4) is 0 Å². The number of carbonyl (C=O) groups excluding carboxylic acids is 1. The summed E-state index contributed by atoms with van der Waals surface area (Å²) in [5, 5.41) is 3.56. The second-order valence-electron chi connectivity index (χ2n) is 6.77. The van der Waals surface area contributed by atoms with E-state index < -0.39 is 5.97 Å². The van der Waals surface area contributed by atoms with Crippen molar-refractivity contribution >= 4 is 17.0 Å². The smallest absolute Gasteiger partial charge is 0.362 e. The van der Waals surface area contributed by atoms with Gasteiger partial charge in [-0.2, -0.15) is 0 Å². The Balaban J connectivity index is 2.04. The minimum absolute atomic E-state index is 0.0450. The molecule has 1 aliphatic rings. The number of hydrogen-bond acceptors (Lipinski definition) is 5. The molecule has 1 N–H and O–H groups in total. The highest BCUT2D eigenvalue weighted by molar-refractivity contribution is 5.89. The van der Waals surface area contributed by atoms with E-state index in [2.05, 4.69) is 17.2 Å². The van der Waals surface area contributed by atoms with Crippen LogP contribution in [0, 0.1) is 0 Å². The summed E-state index contributed by atoms with van der Waals surface area (Å²) < 4.78 is 6.71. The molecule has 0 saturated carbocycles. The maximum Gasteiger partial charge on any atom is 0.362 e. The number of nitrogens with zero attached hydrogens (tertiary/aromatic N) is 2. The number of carbonyl (C=O) groups is 1. The second kappa shape index (κ2) is 7.35. The molecule has 6 heteroatoms. The van der Waals surface area contributed by atoms with Crippen LogP contribution in [-0.2, 0) is 4.74 Å². The first kappa shape index (κ1) is 17.6. The maximum atomic E-state index is 13.0. The molecule has 0 radical (unpaired) electrons. The lowest BCUT2D eigenvalue weighted by molar-refractivity contribution is 0.0516. The van der Waals surface area contributed by atoms with E-state index in [9.17, 15) is 9.59 Å². The lowest BCUT2D eigenvalue weighted by Crippen LogP contribution is -2.35. The molecule has 0 bridgehead atoms. The summed E-state index contributed by atoms with van der Waals surface area (Å²) >= 11 is 0. The van der Waals surface area contributed by atoms with Gasteiger partial charge in [0.2, 0.25) is 5.69 Å². The zero-order valence-electron chi connectivity index (χ0n) is 15.0. The quantitative estimate of drug-likeness (QED) is 0.845. The van der Waals surface area contributed by atoms with Crippen molar-refractivity contribution < 1.29 is 9.53 Å². The fraction of sp³-hybridized carbons (Fsp3) is 0.526. The first-order valence-corrected chi connectivity index (χ1v) is 8.95. The van der Waals surface area contributed by atoms with Gasteiger partial charge in [0.15, 0.2) is 0 Å². The Morgan fingerprint density at radius 1 is 1.40 bits per heavy atom. The molecule has 1 aromatic heterocycles. The minimum atomic E-state index is -0.660. The number of ether oxygens (including phenoxy) is 1. The highest BCUT2D eigenvalue weighted by atomic mass is 16.5. The summed E-state index contributed by atoms with van der Waals surface area (Å²) in [5.74, 6) is -0.660. The summed E-state index contributed by atoms with van der Waals surface area (Å²) in [6, 6.07) is 8.27. The second-order valence-corrected chi connectivity index (χ2v) is 6.77. The van der Waals surface area contributed by atoms with Crippen LogP contribution in [0.25, 0.3) is 11.0 Å². The molecular weight excluding hydrogens is 318 g/mol. The van der Waals surface area contributed by atoms with Gasteiger partial charge < -0.3 is 14.6 Å². The van der Waals surface area contributed by atoms with E-state index in [4.69, 9.17) is 4.74 Å². The van der Waals surface area contributed by atoms with Gasteiger partial charge >= 0.3 is 5.97 Å². The Bertz CT molecular complexity index is 830. The van der Waals surface area contributed by atoms with Crippen LogP contribution in [0.2, 0.25) is 0 Å². The highest BCUT2D eigenvalue weighted by Crippen LogP contribution is 2.23. The molecule has 0 spiro atoms. The number of para-hydroxylation sites is 2. The van der Waals surface area contributed by atoms with Crippen molar-refractivity contribution in [2.45, 2.75) is 58.2 Å². The largest absolute Gasteiger partial charge is 0.461 e. The molecule has 1 saturated heterocycles. The molecule has 1 aliphatic heterocycles. The molecule has 0 aliphatic carbocycles. The fourth-order valence-electron chi connectivity index (χ4n) is 3.65. The maximum absolute atomic E-state index is 13.0. The highest BCUT2D eigenvalue weighted by Gasteiger charge is 2.26. The van der Waals surface area contributed by atoms with Crippen LogP contribution in [-0.4, -0.2) is 34.2 Å². The zero-order valence-corrected chi connectivity index (χ0v) is 15.0. The Hall–Kier alpha value is -2.21. The lowest BCUT2D eigenvalue weighted by atomic mass is 10.1. The van der Waals surface area contributed by atoms with E-state index in [0.29, 0.717) is 17.6 Å². The third kappa shape index (κ3) is 3.58. The number of rotatable bonds is 5. The first-order chi connectivity index (χ1) is 12.0. The summed E-state index contributed by atoms with van der Waals surface area (Å²) in [6.07, 6.45) is 3.09. The Morgan fingerprint density at radius 2 is 2.16 bits per heavy atom. The molecule has 25 heavy (non-hydrogen) atoms. The lowest BCUT2D eigenvalue weighted by Gasteiger charge is -2.22. The first-order valence-electron chi connectivity index (χ1n) is 8.95. The average molecular weight is 343 g/mol. The molecule has 1 fully saturated rings. The normalized spacial score (nSPS) is 21.4. The number of benzene rings is 1. The van der Waals surface area contributed by atoms with Gasteiger partial charge in [0.05, 0.1) is 17.6 Å². The number of esters is 1. The predicted octanol–water partition coefficient (Wildman–Crippen LogP) is 2.66. The monoisotopic (exact) mass is 343 g/mol. The molecule has 3 rings (SSSR count). The van der Waals surface area contributed by atoms with E-state index in [1.165, 1.54) is 0 Å². The number of nitrogens with one attached hydrogen (secondary N) is 1. The van der Waals surface area contributed by atoms with Crippen molar-refractivity contribution in [2.75, 3.05) is 6.61 Å². The van der Waals surface area contributed by atoms with E-state index in [0.717, 1.165) is 24.8 Å². The molecule has 134 valence electrons. The number of fused-ring (bicyclic) bond motifs is 1. The molecule has 6 nitrogen and oxygen atoms in total. The zero-order chi connectivity index (χ0) is 18.0. The summed E-state index contributed by atoms with van der Waals surface area (Å²) in [5.41, 5.74) is 0.861. The Labute approximate surface area is 147 Å². The third-order valence-electron chi connectivity index (χ3n) is 4.80.